The van der Waals surface area contributed by atoms with Crippen molar-refractivity contribution in [2.45, 2.75) is 37.6 Å². The van der Waals surface area contributed by atoms with Gasteiger partial charge in [0.2, 0.25) is 15.9 Å². The van der Waals surface area contributed by atoms with Crippen LogP contribution < -0.4 is 15.8 Å². The molecule has 1 unspecified atom stereocenters. The van der Waals surface area contributed by atoms with Crippen LogP contribution in [0.5, 0.6) is 5.88 Å². The van der Waals surface area contributed by atoms with Gasteiger partial charge >= 0.3 is 5.97 Å². The van der Waals surface area contributed by atoms with Crippen molar-refractivity contribution in [2.75, 3.05) is 31.2 Å². The zero-order valence-electron chi connectivity index (χ0n) is 20.5. The Balaban J connectivity index is 1.74. The van der Waals surface area contributed by atoms with Gasteiger partial charge in [-0.1, -0.05) is 24.3 Å². The van der Waals surface area contributed by atoms with Crippen LogP contribution in [0, 0.1) is 13.8 Å². The first-order chi connectivity index (χ1) is 17.1. The third-order valence-electron chi connectivity index (χ3n) is 6.64. The molecule has 3 aromatic rings. The lowest BCUT2D eigenvalue weighted by Gasteiger charge is -2.24. The third kappa shape index (κ3) is 4.87. The summed E-state index contributed by atoms with van der Waals surface area (Å²) in [5.41, 5.74) is 11.8. The number of fused-ring (bicyclic) bond motifs is 1. The second-order valence-electron chi connectivity index (χ2n) is 8.82. The van der Waals surface area contributed by atoms with Gasteiger partial charge in [-0.3, -0.25) is 4.79 Å². The van der Waals surface area contributed by atoms with Gasteiger partial charge in [0.1, 0.15) is 11.5 Å². The highest BCUT2D eigenvalue weighted by Gasteiger charge is 2.32. The maximum absolute atomic E-state index is 13.4. The van der Waals surface area contributed by atoms with E-state index in [0.29, 0.717) is 5.69 Å². The number of aryl methyl sites for hydroxylation is 1. The Bertz CT molecular complexity index is 1410. The number of pyridine rings is 1. The second kappa shape index (κ2) is 10.2. The van der Waals surface area contributed by atoms with Gasteiger partial charge in [0.25, 0.3) is 0 Å². The molecule has 0 amide bonds. The molecule has 4 N–H and O–H groups in total. The van der Waals surface area contributed by atoms with E-state index in [-0.39, 0.29) is 36.9 Å². The fourth-order valence-corrected chi connectivity index (χ4v) is 6.02. The number of aromatic nitrogens is 1. The first-order valence-corrected chi connectivity index (χ1v) is 13.0. The number of nitrogens with zero attached hydrogens (tertiary/aromatic N) is 2. The maximum Gasteiger partial charge on any atom is 0.304 e. The molecule has 10 heteroatoms. The first kappa shape index (κ1) is 25.5. The maximum atomic E-state index is 13.4. The number of nitrogens with two attached hydrogens (primary N) is 1. The van der Waals surface area contributed by atoms with Gasteiger partial charge in [0.05, 0.1) is 17.8 Å². The summed E-state index contributed by atoms with van der Waals surface area (Å²) >= 11 is 0. The zero-order valence-corrected chi connectivity index (χ0v) is 21.3. The average Bonchev–Trinajstić information content (AvgIpc) is 2.97. The van der Waals surface area contributed by atoms with E-state index in [1.807, 2.05) is 44.2 Å². The second-order valence-corrected chi connectivity index (χ2v) is 10.7. The summed E-state index contributed by atoms with van der Waals surface area (Å²) in [4.78, 5) is 15.9. The minimum Gasteiger partial charge on any atom is -0.481 e. The summed E-state index contributed by atoms with van der Waals surface area (Å²) < 4.78 is 33.7. The lowest BCUT2D eigenvalue weighted by atomic mass is 9.84. The number of carboxylic acids is 1. The number of aliphatic carboxylic acids is 1. The van der Waals surface area contributed by atoms with Crippen LogP contribution in [0.1, 0.15) is 40.2 Å². The van der Waals surface area contributed by atoms with Crippen molar-refractivity contribution in [3.05, 3.63) is 76.5 Å². The number of hydrogen-bond donors (Lipinski definition) is 3. The van der Waals surface area contributed by atoms with Crippen molar-refractivity contribution in [1.82, 2.24) is 9.29 Å². The molecule has 0 saturated heterocycles. The van der Waals surface area contributed by atoms with Gasteiger partial charge < -0.3 is 20.9 Å². The summed E-state index contributed by atoms with van der Waals surface area (Å²) in [7, 11) is -2.05. The van der Waals surface area contributed by atoms with E-state index in [0.717, 1.165) is 33.5 Å². The molecule has 190 valence electrons. The highest BCUT2D eigenvalue weighted by atomic mass is 32.2. The molecule has 1 aliphatic rings. The standard InChI is InChI=1S/C26H30N4O5S/c1-16-6-7-18(21(14-24(31)32)20-8-9-22(28-3)25(27)17(20)2)13-19(16)15-30-11-12-35-26-23(36(30,33)34)5-4-10-29-26/h4-10,13,21,28H,11-12,14-15,27H2,1-3H3,(H,31,32). The number of ether oxygens (including phenoxy) is 1. The van der Waals surface area contributed by atoms with E-state index in [2.05, 4.69) is 10.3 Å². The summed E-state index contributed by atoms with van der Waals surface area (Å²) in [6.07, 6.45) is 1.37. The zero-order chi connectivity index (χ0) is 26.0. The highest BCUT2D eigenvalue weighted by molar-refractivity contribution is 7.89. The Kier molecular flexibility index (Phi) is 7.18. The molecule has 0 saturated carbocycles. The highest BCUT2D eigenvalue weighted by Crippen LogP contribution is 2.37. The minimum atomic E-state index is -3.83. The monoisotopic (exact) mass is 510 g/mol. The molecule has 2 aromatic carbocycles. The van der Waals surface area contributed by atoms with Crippen LogP contribution >= 0.6 is 0 Å². The third-order valence-corrected chi connectivity index (χ3v) is 8.49. The molecule has 0 aliphatic carbocycles. The van der Waals surface area contributed by atoms with Gasteiger partial charge in [0, 0.05) is 32.3 Å². The van der Waals surface area contributed by atoms with Crippen LogP contribution in [0.4, 0.5) is 11.4 Å². The number of hydrogen-bond acceptors (Lipinski definition) is 7. The van der Waals surface area contributed by atoms with E-state index in [1.54, 1.807) is 13.1 Å². The predicted octanol–water partition coefficient (Wildman–Crippen LogP) is 3.51. The summed E-state index contributed by atoms with van der Waals surface area (Å²) in [6, 6.07) is 12.5. The fourth-order valence-electron chi connectivity index (χ4n) is 4.54. The number of carboxylic acid groups (broad SMARTS) is 1. The van der Waals surface area contributed by atoms with E-state index >= 15 is 0 Å². The molecular formula is C26H30N4O5S. The number of benzene rings is 2. The molecule has 2 heterocycles. The smallest absolute Gasteiger partial charge is 0.304 e. The van der Waals surface area contributed by atoms with E-state index in [4.69, 9.17) is 10.5 Å². The van der Waals surface area contributed by atoms with Crippen molar-refractivity contribution < 1.29 is 23.1 Å². The molecule has 1 aliphatic heterocycles. The SMILES string of the molecule is CNc1ccc(C(CC(=O)O)c2ccc(C)c(CN3CCOc4ncccc4S3(=O)=O)c2)c(C)c1N. The number of nitrogens with one attached hydrogen (secondary N) is 1. The molecule has 9 nitrogen and oxygen atoms in total. The lowest BCUT2D eigenvalue weighted by molar-refractivity contribution is -0.137. The number of rotatable bonds is 7. The van der Waals surface area contributed by atoms with Gasteiger partial charge in [-0.25, -0.2) is 13.4 Å². The van der Waals surface area contributed by atoms with Crippen molar-refractivity contribution in [3.63, 3.8) is 0 Å². The molecule has 36 heavy (non-hydrogen) atoms. The minimum absolute atomic E-state index is 0.0378. The molecular weight excluding hydrogens is 480 g/mol. The lowest BCUT2D eigenvalue weighted by Crippen LogP contribution is -2.32. The average molecular weight is 511 g/mol. The van der Waals surface area contributed by atoms with Crippen molar-refractivity contribution in [2.24, 2.45) is 0 Å². The first-order valence-electron chi connectivity index (χ1n) is 11.6. The molecule has 0 fully saturated rings. The Morgan fingerprint density at radius 1 is 1.25 bits per heavy atom. The van der Waals surface area contributed by atoms with Gasteiger partial charge in [-0.2, -0.15) is 4.31 Å². The number of anilines is 2. The Morgan fingerprint density at radius 3 is 2.75 bits per heavy atom. The largest absolute Gasteiger partial charge is 0.481 e. The summed E-state index contributed by atoms with van der Waals surface area (Å²) in [5.74, 6) is -1.29. The van der Waals surface area contributed by atoms with Crippen LogP contribution in [0.2, 0.25) is 0 Å². The molecule has 1 atom stereocenters. The summed E-state index contributed by atoms with van der Waals surface area (Å²) in [6.45, 7) is 4.26. The number of sulfonamides is 1. The number of nitrogen functional groups attached to an aromatic ring is 1. The van der Waals surface area contributed by atoms with Crippen LogP contribution in [0.25, 0.3) is 0 Å². The van der Waals surface area contributed by atoms with E-state index in [9.17, 15) is 18.3 Å². The van der Waals surface area contributed by atoms with Gasteiger partial charge in [-0.15, -0.1) is 0 Å². The normalized spacial score (nSPS) is 15.9. The van der Waals surface area contributed by atoms with Gasteiger partial charge in [0.15, 0.2) is 0 Å². The number of carbonyl (C=O) groups is 1. The van der Waals surface area contributed by atoms with Crippen molar-refractivity contribution >= 4 is 27.4 Å². The van der Waals surface area contributed by atoms with Crippen LogP contribution in [0.15, 0.2) is 53.6 Å². The molecule has 0 radical (unpaired) electrons. The predicted molar refractivity (Wildman–Crippen MR) is 138 cm³/mol. The van der Waals surface area contributed by atoms with Crippen LogP contribution in [-0.4, -0.2) is 49.0 Å². The Morgan fingerprint density at radius 2 is 2.03 bits per heavy atom. The van der Waals surface area contributed by atoms with E-state index < -0.39 is 21.9 Å². The fraction of sp³-hybridized carbons (Fsp3) is 0.308. The van der Waals surface area contributed by atoms with Crippen LogP contribution in [0.3, 0.4) is 0 Å². The van der Waals surface area contributed by atoms with E-state index in [1.165, 1.54) is 16.6 Å². The van der Waals surface area contributed by atoms with Gasteiger partial charge in [-0.05, 0) is 59.9 Å². The topological polar surface area (TPSA) is 135 Å². The Hall–Kier alpha value is -3.63. The molecule has 4 rings (SSSR count). The van der Waals surface area contributed by atoms with Crippen molar-refractivity contribution in [1.29, 1.82) is 0 Å². The molecule has 1 aromatic heterocycles. The summed E-state index contributed by atoms with van der Waals surface area (Å²) in [5, 5.41) is 12.7. The molecule has 0 spiro atoms. The van der Waals surface area contributed by atoms with Crippen LogP contribution in [-0.2, 0) is 21.4 Å². The Labute approximate surface area is 211 Å². The quantitative estimate of drug-likeness (QED) is 0.411. The molecule has 0 bridgehead atoms. The van der Waals surface area contributed by atoms with Crippen molar-refractivity contribution in [3.8, 4) is 5.88 Å².